The Morgan fingerprint density at radius 3 is 2.76 bits per heavy atom. The van der Waals surface area contributed by atoms with E-state index in [-0.39, 0.29) is 18.3 Å². The molecule has 1 atom stereocenters. The lowest BCUT2D eigenvalue weighted by molar-refractivity contribution is -0.141. The van der Waals surface area contributed by atoms with E-state index in [2.05, 4.69) is 9.97 Å². The molecule has 4 nitrogen and oxygen atoms in total. The molecule has 1 aliphatic rings. The molecule has 17 heavy (non-hydrogen) atoms. The van der Waals surface area contributed by atoms with E-state index in [1.54, 1.807) is 4.90 Å². The smallest absolute Gasteiger partial charge is 0.396 e. The highest BCUT2D eigenvalue weighted by Gasteiger charge is 2.33. The third kappa shape index (κ3) is 2.66. The van der Waals surface area contributed by atoms with Gasteiger partial charge in [-0.1, -0.05) is 0 Å². The molecule has 2 heterocycles. The van der Waals surface area contributed by atoms with Gasteiger partial charge in [0.15, 0.2) is 0 Å². The third-order valence-corrected chi connectivity index (χ3v) is 2.81. The molecule has 1 aliphatic heterocycles. The molecule has 7 heteroatoms. The zero-order valence-electron chi connectivity index (χ0n) is 8.98. The predicted octanol–water partition coefficient (Wildman–Crippen LogP) is 1.31. The maximum atomic E-state index is 12.4. The second kappa shape index (κ2) is 4.48. The molecule has 94 valence electrons. The van der Waals surface area contributed by atoms with Gasteiger partial charge in [0.25, 0.3) is 0 Å². The Labute approximate surface area is 96.1 Å². The molecular formula is C10H12F3N3O. The SMILES string of the molecule is OCC1CCN(c2cc(C(F)(F)F)ncn2)C1. The van der Waals surface area contributed by atoms with Crippen LogP contribution in [0.1, 0.15) is 12.1 Å². The number of alkyl halides is 3. The average Bonchev–Trinajstić information content (AvgIpc) is 2.76. The summed E-state index contributed by atoms with van der Waals surface area (Å²) < 4.78 is 37.3. The number of halogens is 3. The molecule has 0 aromatic carbocycles. The number of aliphatic hydroxyl groups excluding tert-OH is 1. The van der Waals surface area contributed by atoms with Gasteiger partial charge in [0.2, 0.25) is 0 Å². The first-order chi connectivity index (χ1) is 8.00. The quantitative estimate of drug-likeness (QED) is 0.856. The summed E-state index contributed by atoms with van der Waals surface area (Å²) in [5, 5.41) is 8.98. The van der Waals surface area contributed by atoms with E-state index >= 15 is 0 Å². The van der Waals surface area contributed by atoms with Gasteiger partial charge in [-0.3, -0.25) is 0 Å². The van der Waals surface area contributed by atoms with Crippen LogP contribution in [0.25, 0.3) is 0 Å². The number of aromatic nitrogens is 2. The first-order valence-electron chi connectivity index (χ1n) is 5.25. The van der Waals surface area contributed by atoms with Gasteiger partial charge in [-0.2, -0.15) is 13.2 Å². The molecule has 1 fully saturated rings. The van der Waals surface area contributed by atoms with Crippen molar-refractivity contribution in [3.8, 4) is 0 Å². The second-order valence-electron chi connectivity index (χ2n) is 4.04. The first-order valence-corrected chi connectivity index (χ1v) is 5.25. The Morgan fingerprint density at radius 1 is 1.41 bits per heavy atom. The topological polar surface area (TPSA) is 49.2 Å². The van der Waals surface area contributed by atoms with Crippen molar-refractivity contribution in [1.29, 1.82) is 0 Å². The van der Waals surface area contributed by atoms with Gasteiger partial charge in [0.1, 0.15) is 17.8 Å². The van der Waals surface area contributed by atoms with Crippen molar-refractivity contribution < 1.29 is 18.3 Å². The molecule has 0 aliphatic carbocycles. The lowest BCUT2D eigenvalue weighted by atomic mass is 10.1. The van der Waals surface area contributed by atoms with Crippen molar-refractivity contribution >= 4 is 5.82 Å². The van der Waals surface area contributed by atoms with Crippen molar-refractivity contribution in [3.05, 3.63) is 18.1 Å². The molecule has 0 radical (unpaired) electrons. The maximum absolute atomic E-state index is 12.4. The fourth-order valence-electron chi connectivity index (χ4n) is 1.86. The van der Waals surface area contributed by atoms with Crippen LogP contribution in [0, 0.1) is 5.92 Å². The van der Waals surface area contributed by atoms with Gasteiger partial charge in [0.05, 0.1) is 0 Å². The van der Waals surface area contributed by atoms with Gasteiger partial charge in [-0.05, 0) is 6.42 Å². The van der Waals surface area contributed by atoms with Crippen molar-refractivity contribution in [2.24, 2.45) is 5.92 Å². The number of aliphatic hydroxyl groups is 1. The fraction of sp³-hybridized carbons (Fsp3) is 0.600. The Kier molecular flexibility index (Phi) is 3.19. The first kappa shape index (κ1) is 12.1. The summed E-state index contributed by atoms with van der Waals surface area (Å²) >= 11 is 0. The largest absolute Gasteiger partial charge is 0.433 e. The van der Waals surface area contributed by atoms with Gasteiger partial charge in [0, 0.05) is 31.7 Å². The van der Waals surface area contributed by atoms with E-state index in [1.165, 1.54) is 0 Å². The summed E-state index contributed by atoms with van der Waals surface area (Å²) in [6, 6.07) is 0.944. The zero-order valence-corrected chi connectivity index (χ0v) is 8.98. The van der Waals surface area contributed by atoms with Gasteiger partial charge >= 0.3 is 6.18 Å². The summed E-state index contributed by atoms with van der Waals surface area (Å²) in [6.45, 7) is 1.19. The average molecular weight is 247 g/mol. The van der Waals surface area contributed by atoms with Crippen LogP contribution in [0.3, 0.4) is 0 Å². The molecular weight excluding hydrogens is 235 g/mol. The third-order valence-electron chi connectivity index (χ3n) is 2.81. The van der Waals surface area contributed by atoms with Crippen LogP contribution < -0.4 is 4.90 Å². The minimum atomic E-state index is -4.45. The summed E-state index contributed by atoms with van der Waals surface area (Å²) in [5.41, 5.74) is -0.935. The number of nitrogens with zero attached hydrogens (tertiary/aromatic N) is 3. The van der Waals surface area contributed by atoms with E-state index in [1.807, 2.05) is 0 Å². The van der Waals surface area contributed by atoms with Crippen molar-refractivity contribution in [3.63, 3.8) is 0 Å². The minimum absolute atomic E-state index is 0.0493. The van der Waals surface area contributed by atoms with Crippen molar-refractivity contribution in [1.82, 2.24) is 9.97 Å². The van der Waals surface area contributed by atoms with Crippen LogP contribution in [0.4, 0.5) is 19.0 Å². The fourth-order valence-corrected chi connectivity index (χ4v) is 1.86. The van der Waals surface area contributed by atoms with E-state index < -0.39 is 11.9 Å². The highest BCUT2D eigenvalue weighted by Crippen LogP contribution is 2.30. The van der Waals surface area contributed by atoms with Crippen LogP contribution in [0.2, 0.25) is 0 Å². The molecule has 1 N–H and O–H groups in total. The summed E-state index contributed by atoms with van der Waals surface area (Å²) in [5.74, 6) is 0.377. The molecule has 2 rings (SSSR count). The number of rotatable bonds is 2. The molecule has 1 saturated heterocycles. The van der Waals surface area contributed by atoms with Gasteiger partial charge < -0.3 is 10.0 Å². The zero-order chi connectivity index (χ0) is 12.5. The molecule has 0 amide bonds. The Morgan fingerprint density at radius 2 is 2.18 bits per heavy atom. The molecule has 0 saturated carbocycles. The monoisotopic (exact) mass is 247 g/mol. The van der Waals surface area contributed by atoms with E-state index in [0.717, 1.165) is 18.8 Å². The van der Waals surface area contributed by atoms with E-state index in [4.69, 9.17) is 5.11 Å². The number of anilines is 1. The normalized spacial score (nSPS) is 20.9. The molecule has 0 spiro atoms. The van der Waals surface area contributed by atoms with Crippen LogP contribution in [0.15, 0.2) is 12.4 Å². The van der Waals surface area contributed by atoms with Gasteiger partial charge in [-0.25, -0.2) is 9.97 Å². The lowest BCUT2D eigenvalue weighted by Crippen LogP contribution is -2.22. The molecule has 1 unspecified atom stereocenters. The highest BCUT2D eigenvalue weighted by atomic mass is 19.4. The Bertz CT molecular complexity index is 397. The number of hydrogen-bond donors (Lipinski definition) is 1. The highest BCUT2D eigenvalue weighted by molar-refractivity contribution is 5.40. The van der Waals surface area contributed by atoms with Crippen molar-refractivity contribution in [2.45, 2.75) is 12.6 Å². The minimum Gasteiger partial charge on any atom is -0.396 e. The molecule has 1 aromatic rings. The number of hydrogen-bond acceptors (Lipinski definition) is 4. The molecule has 1 aromatic heterocycles. The van der Waals surface area contributed by atoms with Crippen LogP contribution in [0.5, 0.6) is 0 Å². The van der Waals surface area contributed by atoms with E-state index in [9.17, 15) is 13.2 Å². The Hall–Kier alpha value is -1.37. The van der Waals surface area contributed by atoms with E-state index in [0.29, 0.717) is 13.1 Å². The standard InChI is InChI=1S/C10H12F3N3O/c11-10(12,13)8-3-9(15-6-14-8)16-2-1-7(4-16)5-17/h3,6-7,17H,1-2,4-5H2. The second-order valence-corrected chi connectivity index (χ2v) is 4.04. The van der Waals surface area contributed by atoms with Crippen molar-refractivity contribution in [2.75, 3.05) is 24.6 Å². The van der Waals surface area contributed by atoms with Crippen LogP contribution >= 0.6 is 0 Å². The summed E-state index contributed by atoms with van der Waals surface area (Å²) in [7, 11) is 0. The lowest BCUT2D eigenvalue weighted by Gasteiger charge is -2.17. The summed E-state index contributed by atoms with van der Waals surface area (Å²) in [6.07, 6.45) is -2.76. The summed E-state index contributed by atoms with van der Waals surface area (Å²) in [4.78, 5) is 8.78. The van der Waals surface area contributed by atoms with Gasteiger partial charge in [-0.15, -0.1) is 0 Å². The van der Waals surface area contributed by atoms with Crippen LogP contribution in [-0.4, -0.2) is 34.8 Å². The maximum Gasteiger partial charge on any atom is 0.433 e. The predicted molar refractivity (Wildman–Crippen MR) is 54.4 cm³/mol. The molecule has 0 bridgehead atoms. The van der Waals surface area contributed by atoms with Crippen LogP contribution in [-0.2, 0) is 6.18 Å². The Balaban J connectivity index is 2.17.